The third kappa shape index (κ3) is 19.6. The zero-order chi connectivity index (χ0) is 23.6. The molecule has 0 bridgehead atoms. The molecule has 0 aliphatic carbocycles. The van der Waals surface area contributed by atoms with Crippen molar-refractivity contribution in [2.24, 2.45) is 0 Å². The van der Waals surface area contributed by atoms with E-state index in [0.717, 1.165) is 38.9 Å². The van der Waals surface area contributed by atoms with Crippen LogP contribution < -0.4 is 0 Å². The molecule has 0 aromatic rings. The summed E-state index contributed by atoms with van der Waals surface area (Å²) >= 11 is 0. The Morgan fingerprint density at radius 1 is 0.538 bits per heavy atom. The van der Waals surface area contributed by atoms with Crippen molar-refractivity contribution in [2.75, 3.05) is 81.2 Å². The second-order valence-corrected chi connectivity index (χ2v) is 9.64. The molecule has 0 radical (unpaired) electrons. The molecule has 244 valence electrons. The maximum atomic E-state index is 10.9. The van der Waals surface area contributed by atoms with Gasteiger partial charge in [0.1, 0.15) is 6.61 Å². The molecule has 4 aliphatic heterocycles. The summed E-state index contributed by atoms with van der Waals surface area (Å²) < 4.78 is 33.8. The molecule has 0 aromatic heterocycles. The summed E-state index contributed by atoms with van der Waals surface area (Å²) in [6, 6.07) is 0. The molecule has 0 aromatic carbocycles. The molecular formula is C26H67N5O7S. The molecule has 0 spiro atoms. The van der Waals surface area contributed by atoms with Gasteiger partial charge in [-0.3, -0.25) is 4.79 Å². The van der Waals surface area contributed by atoms with E-state index in [1.807, 2.05) is 7.05 Å². The van der Waals surface area contributed by atoms with Crippen LogP contribution in [-0.4, -0.2) is 131 Å². The molecule has 0 unspecified atom stereocenters. The molecular weight excluding hydrogens is 526 g/mol. The topological polar surface area (TPSA) is 120 Å². The number of nitrogens with zero attached hydrogens (tertiary/aromatic N) is 5. The summed E-state index contributed by atoms with van der Waals surface area (Å²) in [6.45, 7) is 4.88. The molecule has 13 heteroatoms. The molecule has 39 heavy (non-hydrogen) atoms. The number of hydrogen-bond donors (Lipinski definition) is 0. The lowest BCUT2D eigenvalue weighted by molar-refractivity contribution is -0.126. The van der Waals surface area contributed by atoms with Crippen LogP contribution in [0.15, 0.2) is 0 Å². The van der Waals surface area contributed by atoms with Crippen LogP contribution in [0.2, 0.25) is 0 Å². The van der Waals surface area contributed by atoms with Crippen molar-refractivity contribution < 1.29 is 32.3 Å². The van der Waals surface area contributed by atoms with E-state index in [1.54, 1.807) is 42.9 Å². The summed E-state index contributed by atoms with van der Waals surface area (Å²) in [4.78, 5) is 36.2. The van der Waals surface area contributed by atoms with Crippen molar-refractivity contribution in [2.45, 2.75) is 78.7 Å². The zero-order valence-electron chi connectivity index (χ0n) is 19.1. The molecule has 0 saturated carbocycles. The molecule has 4 fully saturated rings. The summed E-state index contributed by atoms with van der Waals surface area (Å²) in [5.74, 6) is 0.292. The van der Waals surface area contributed by atoms with Gasteiger partial charge >= 0.3 is 12.2 Å². The van der Waals surface area contributed by atoms with Gasteiger partial charge < -0.3 is 24.2 Å². The average molecular weight is 594 g/mol. The minimum Gasteiger partial charge on any atom is -0.449 e. The van der Waals surface area contributed by atoms with Gasteiger partial charge in [-0.2, -0.15) is 17.0 Å². The third-order valence-corrected chi connectivity index (χ3v) is 6.91. The first-order chi connectivity index (χ1) is 14.5. The van der Waals surface area contributed by atoms with Crippen molar-refractivity contribution in [3.8, 4) is 0 Å². The number of carbonyl (C=O) groups excluding carboxylic acids is 3. The van der Waals surface area contributed by atoms with Gasteiger partial charge in [-0.05, 0) is 12.8 Å². The second kappa shape index (κ2) is 27.4. The molecule has 12 nitrogen and oxygen atoms in total. The minimum absolute atomic E-state index is 0. The lowest BCUT2D eigenvalue weighted by Crippen LogP contribution is -2.33. The van der Waals surface area contributed by atoms with E-state index < -0.39 is 10.2 Å². The summed E-state index contributed by atoms with van der Waals surface area (Å²) in [5.41, 5.74) is 0. The minimum atomic E-state index is -3.04. The van der Waals surface area contributed by atoms with Crippen LogP contribution in [0.1, 0.15) is 78.7 Å². The van der Waals surface area contributed by atoms with Gasteiger partial charge in [-0.1, -0.05) is 59.4 Å². The van der Waals surface area contributed by atoms with Crippen LogP contribution in [0.3, 0.4) is 0 Å². The smallest absolute Gasteiger partial charge is 0.409 e. The molecule has 0 atom stereocenters. The SMILES string of the molecule is C.C.C.C.C.C.C.C.CN1CCCC1=O.CN1CCCOC1=O.CN1CCN(C)S1(=O)=O.CN1CCOC1=O. The van der Waals surface area contributed by atoms with Crippen LogP contribution in [0.25, 0.3) is 0 Å². The van der Waals surface area contributed by atoms with Crippen molar-refractivity contribution >= 4 is 28.3 Å². The zero-order valence-corrected chi connectivity index (χ0v) is 19.9. The summed E-state index contributed by atoms with van der Waals surface area (Å²) in [5, 5.41) is 0. The molecule has 4 rings (SSSR count). The van der Waals surface area contributed by atoms with Crippen LogP contribution in [0.5, 0.6) is 0 Å². The highest BCUT2D eigenvalue weighted by Crippen LogP contribution is 2.09. The molecule has 4 aliphatic rings. The maximum absolute atomic E-state index is 10.9. The van der Waals surface area contributed by atoms with E-state index in [9.17, 15) is 22.8 Å². The van der Waals surface area contributed by atoms with E-state index in [2.05, 4.69) is 9.47 Å². The normalized spacial score (nSPS) is 18.4. The quantitative estimate of drug-likeness (QED) is 0.389. The fourth-order valence-corrected chi connectivity index (χ4v) is 3.77. The van der Waals surface area contributed by atoms with Crippen molar-refractivity contribution in [3.05, 3.63) is 0 Å². The Bertz CT molecular complexity index is 683. The Hall–Kier alpha value is -2.12. The number of carbonyl (C=O) groups is 3. The van der Waals surface area contributed by atoms with Crippen molar-refractivity contribution in [1.29, 1.82) is 0 Å². The molecule has 4 saturated heterocycles. The first kappa shape index (κ1) is 56.9. The number of likely N-dealkylation sites (tertiary alicyclic amines) is 1. The largest absolute Gasteiger partial charge is 0.449 e. The fraction of sp³-hybridized carbons (Fsp3) is 0.885. The lowest BCUT2D eigenvalue weighted by Gasteiger charge is -2.21. The highest BCUT2D eigenvalue weighted by atomic mass is 32.2. The number of amides is 3. The van der Waals surface area contributed by atoms with E-state index in [0.29, 0.717) is 32.2 Å². The standard InChI is InChI=1S/C5H9NO2.C5H9NO.C4H10N2O2S.C4H7NO2.8CH4/c1-6-3-2-4-8-5(6)7;1-6-4-2-3-5(6)7;1-5-3-4-6(2)9(5,7)8;1-5-2-3-7-4(5)6;;;;;;;;/h2-4H2,1H3;2-4H2,1H3;3-4H2,1-2H3;2-3H2,1H3;8*1H4. The van der Waals surface area contributed by atoms with Gasteiger partial charge in [0.25, 0.3) is 10.2 Å². The molecule has 4 heterocycles. The molecule has 3 amide bonds. The summed E-state index contributed by atoms with van der Waals surface area (Å²) in [7, 11) is 5.43. The Labute approximate surface area is 243 Å². The highest BCUT2D eigenvalue weighted by molar-refractivity contribution is 7.86. The predicted molar refractivity (Wildman–Crippen MR) is 167 cm³/mol. The number of ether oxygens (including phenoxy) is 2. The van der Waals surface area contributed by atoms with Gasteiger partial charge in [-0.15, -0.1) is 0 Å². The number of likely N-dealkylation sites (N-methyl/N-ethyl adjacent to an activating group) is 3. The van der Waals surface area contributed by atoms with E-state index >= 15 is 0 Å². The van der Waals surface area contributed by atoms with Crippen LogP contribution in [-0.2, 0) is 24.5 Å². The Kier molecular flexibility index (Phi) is 40.1. The van der Waals surface area contributed by atoms with E-state index in [1.165, 1.54) is 8.61 Å². The fourth-order valence-electron chi connectivity index (χ4n) is 2.67. The average Bonchev–Trinajstić information content (AvgIpc) is 3.36. The summed E-state index contributed by atoms with van der Waals surface area (Å²) in [6.07, 6.45) is 2.37. The third-order valence-electron chi connectivity index (χ3n) is 4.97. The number of hydrogen-bond acceptors (Lipinski definition) is 7. The Balaban J connectivity index is -0.0000000514. The van der Waals surface area contributed by atoms with Gasteiger partial charge in [0.15, 0.2) is 0 Å². The van der Waals surface area contributed by atoms with Crippen molar-refractivity contribution in [3.63, 3.8) is 0 Å². The van der Waals surface area contributed by atoms with E-state index in [4.69, 9.17) is 0 Å². The molecule has 0 N–H and O–H groups in total. The monoisotopic (exact) mass is 593 g/mol. The Morgan fingerprint density at radius 3 is 1.08 bits per heavy atom. The van der Waals surface area contributed by atoms with Crippen LogP contribution in [0.4, 0.5) is 9.59 Å². The van der Waals surface area contributed by atoms with Crippen molar-refractivity contribution in [1.82, 2.24) is 23.3 Å². The Morgan fingerprint density at radius 2 is 0.923 bits per heavy atom. The van der Waals surface area contributed by atoms with Crippen LogP contribution in [0, 0.1) is 0 Å². The number of rotatable bonds is 0. The lowest BCUT2D eigenvalue weighted by atomic mass is 10.4. The number of cyclic esters (lactones) is 2. The maximum Gasteiger partial charge on any atom is 0.409 e. The first-order valence-corrected chi connectivity index (χ1v) is 11.5. The van der Waals surface area contributed by atoms with Crippen LogP contribution >= 0.6 is 0 Å². The van der Waals surface area contributed by atoms with Gasteiger partial charge in [-0.25, -0.2) is 9.59 Å². The predicted octanol–water partition coefficient (Wildman–Crippen LogP) is 4.96. The van der Waals surface area contributed by atoms with Gasteiger partial charge in [0.2, 0.25) is 5.91 Å². The second-order valence-electron chi connectivity index (χ2n) is 7.50. The van der Waals surface area contributed by atoms with Gasteiger partial charge in [0, 0.05) is 67.8 Å². The van der Waals surface area contributed by atoms with E-state index in [-0.39, 0.29) is 71.6 Å². The first-order valence-electron chi connectivity index (χ1n) is 10.1. The highest BCUT2D eigenvalue weighted by Gasteiger charge is 2.29. The van der Waals surface area contributed by atoms with Gasteiger partial charge in [0.05, 0.1) is 13.2 Å².